The van der Waals surface area contributed by atoms with Crippen molar-refractivity contribution in [1.82, 2.24) is 10.2 Å². The summed E-state index contributed by atoms with van der Waals surface area (Å²) >= 11 is 0. The molecule has 5 nitrogen and oxygen atoms in total. The Balaban J connectivity index is 2.59. The van der Waals surface area contributed by atoms with Gasteiger partial charge in [0, 0.05) is 6.54 Å². The molecule has 118 valence electrons. The summed E-state index contributed by atoms with van der Waals surface area (Å²) in [4.78, 5) is 14.1. The second-order valence-electron chi connectivity index (χ2n) is 5.32. The number of carbonyl (C=O) groups excluding carboxylic acids is 1. The van der Waals surface area contributed by atoms with E-state index in [4.69, 9.17) is 9.47 Å². The Bertz CT molecular complexity index is 473. The van der Waals surface area contributed by atoms with Crippen LogP contribution in [-0.4, -0.2) is 52.2 Å². The van der Waals surface area contributed by atoms with Gasteiger partial charge in [0.2, 0.25) is 5.91 Å². The molecule has 0 saturated carbocycles. The van der Waals surface area contributed by atoms with Gasteiger partial charge in [0.05, 0.1) is 20.6 Å². The molecule has 1 aromatic carbocycles. The monoisotopic (exact) mass is 294 g/mol. The molecule has 0 saturated heterocycles. The number of carbonyl (C=O) groups is 1. The van der Waals surface area contributed by atoms with Crippen molar-refractivity contribution in [2.24, 2.45) is 0 Å². The zero-order chi connectivity index (χ0) is 15.8. The average Bonchev–Trinajstić information content (AvgIpc) is 2.45. The quantitative estimate of drug-likeness (QED) is 0.740. The molecule has 0 aliphatic rings. The van der Waals surface area contributed by atoms with Gasteiger partial charge in [0.25, 0.3) is 0 Å². The van der Waals surface area contributed by atoms with Crippen LogP contribution in [-0.2, 0) is 11.2 Å². The fourth-order valence-corrected chi connectivity index (χ4v) is 2.07. The smallest absolute Gasteiger partial charge is 0.224 e. The minimum atomic E-state index is 0.0316. The van der Waals surface area contributed by atoms with E-state index in [0.29, 0.717) is 24.5 Å². The molecular weight excluding hydrogens is 268 g/mol. The molecule has 0 fully saturated rings. The Kier molecular flexibility index (Phi) is 7.02. The topological polar surface area (TPSA) is 50.8 Å². The summed E-state index contributed by atoms with van der Waals surface area (Å²) in [5.41, 5.74) is 1.98. The van der Waals surface area contributed by atoms with E-state index in [9.17, 15) is 4.79 Å². The number of benzene rings is 1. The molecule has 0 aromatic heterocycles. The first-order chi connectivity index (χ1) is 9.97. The number of rotatable bonds is 8. The fourth-order valence-electron chi connectivity index (χ4n) is 2.07. The number of hydrogen-bond acceptors (Lipinski definition) is 4. The molecule has 1 aromatic rings. The van der Waals surface area contributed by atoms with Crippen LogP contribution in [0.2, 0.25) is 0 Å². The standard InChI is InChI=1S/C16H26N2O3/c1-12-9-14(20-4)15(21-5)10-13(12)11-16(19)17-7-6-8-18(2)3/h9-10H,6-8,11H2,1-5H3,(H,17,19). The molecule has 0 spiro atoms. The number of methoxy groups -OCH3 is 2. The Morgan fingerprint density at radius 1 is 1.19 bits per heavy atom. The molecule has 0 atom stereocenters. The molecule has 21 heavy (non-hydrogen) atoms. The van der Waals surface area contributed by atoms with Crippen LogP contribution in [0.5, 0.6) is 11.5 Å². The van der Waals surface area contributed by atoms with Crippen molar-refractivity contribution in [3.05, 3.63) is 23.3 Å². The molecule has 0 aliphatic carbocycles. The molecule has 0 radical (unpaired) electrons. The van der Waals surface area contributed by atoms with Crippen LogP contribution in [0.25, 0.3) is 0 Å². The molecule has 0 heterocycles. The molecule has 1 rings (SSSR count). The first kappa shape index (κ1) is 17.3. The number of hydrogen-bond donors (Lipinski definition) is 1. The van der Waals surface area contributed by atoms with Crippen molar-refractivity contribution >= 4 is 5.91 Å². The Morgan fingerprint density at radius 2 is 1.81 bits per heavy atom. The highest BCUT2D eigenvalue weighted by Gasteiger charge is 2.11. The average molecular weight is 294 g/mol. The second kappa shape index (κ2) is 8.52. The third kappa shape index (κ3) is 5.63. The minimum absolute atomic E-state index is 0.0316. The maximum Gasteiger partial charge on any atom is 0.224 e. The summed E-state index contributed by atoms with van der Waals surface area (Å²) in [5, 5.41) is 2.94. The summed E-state index contributed by atoms with van der Waals surface area (Å²) in [5.74, 6) is 1.37. The Labute approximate surface area is 127 Å². The molecule has 1 amide bonds. The minimum Gasteiger partial charge on any atom is -0.493 e. The Hall–Kier alpha value is -1.75. The third-order valence-corrected chi connectivity index (χ3v) is 3.30. The van der Waals surface area contributed by atoms with Gasteiger partial charge in [-0.2, -0.15) is 0 Å². The molecular formula is C16H26N2O3. The van der Waals surface area contributed by atoms with Gasteiger partial charge >= 0.3 is 0 Å². The maximum atomic E-state index is 12.0. The van der Waals surface area contributed by atoms with Crippen LogP contribution in [0.15, 0.2) is 12.1 Å². The van der Waals surface area contributed by atoms with Crippen LogP contribution in [0, 0.1) is 6.92 Å². The van der Waals surface area contributed by atoms with Crippen molar-refractivity contribution in [2.75, 3.05) is 41.4 Å². The molecule has 1 N–H and O–H groups in total. The second-order valence-corrected chi connectivity index (χ2v) is 5.32. The zero-order valence-electron chi connectivity index (χ0n) is 13.7. The number of nitrogens with one attached hydrogen (secondary N) is 1. The lowest BCUT2D eigenvalue weighted by Gasteiger charge is -2.13. The van der Waals surface area contributed by atoms with E-state index in [2.05, 4.69) is 10.2 Å². The van der Waals surface area contributed by atoms with Gasteiger partial charge in [-0.15, -0.1) is 0 Å². The molecule has 5 heteroatoms. The molecule has 0 unspecified atom stereocenters. The van der Waals surface area contributed by atoms with E-state index >= 15 is 0 Å². The fraction of sp³-hybridized carbons (Fsp3) is 0.562. The van der Waals surface area contributed by atoms with E-state index in [0.717, 1.165) is 24.1 Å². The predicted octanol–water partition coefficient (Wildman–Crippen LogP) is 1.62. The summed E-state index contributed by atoms with van der Waals surface area (Å²) in [6.45, 7) is 3.63. The lowest BCUT2D eigenvalue weighted by atomic mass is 10.0. The number of amides is 1. The van der Waals surface area contributed by atoms with Crippen LogP contribution in [0.3, 0.4) is 0 Å². The lowest BCUT2D eigenvalue weighted by Crippen LogP contribution is -2.28. The normalized spacial score (nSPS) is 10.6. The van der Waals surface area contributed by atoms with Gasteiger partial charge in [-0.3, -0.25) is 4.79 Å². The van der Waals surface area contributed by atoms with Gasteiger partial charge in [-0.25, -0.2) is 0 Å². The van der Waals surface area contributed by atoms with Gasteiger partial charge < -0.3 is 19.7 Å². The van der Waals surface area contributed by atoms with Gasteiger partial charge in [0.1, 0.15) is 0 Å². The zero-order valence-corrected chi connectivity index (χ0v) is 13.7. The van der Waals surface area contributed by atoms with Crippen molar-refractivity contribution in [1.29, 1.82) is 0 Å². The predicted molar refractivity (Wildman–Crippen MR) is 84.2 cm³/mol. The highest BCUT2D eigenvalue weighted by molar-refractivity contribution is 5.79. The number of nitrogens with zero attached hydrogens (tertiary/aromatic N) is 1. The van der Waals surface area contributed by atoms with Crippen molar-refractivity contribution in [3.8, 4) is 11.5 Å². The van der Waals surface area contributed by atoms with Crippen LogP contribution in [0.1, 0.15) is 17.5 Å². The SMILES string of the molecule is COc1cc(C)c(CC(=O)NCCCN(C)C)cc1OC. The maximum absolute atomic E-state index is 12.0. The third-order valence-electron chi connectivity index (χ3n) is 3.30. The van der Waals surface area contributed by atoms with Crippen molar-refractivity contribution in [2.45, 2.75) is 19.8 Å². The van der Waals surface area contributed by atoms with Gasteiger partial charge in [-0.1, -0.05) is 0 Å². The summed E-state index contributed by atoms with van der Waals surface area (Å²) in [7, 11) is 7.25. The van der Waals surface area contributed by atoms with Crippen molar-refractivity contribution in [3.63, 3.8) is 0 Å². The number of aryl methyl sites for hydroxylation is 1. The summed E-state index contributed by atoms with van der Waals surface area (Å²) in [6, 6.07) is 3.76. The number of ether oxygens (including phenoxy) is 2. The molecule has 0 aliphatic heterocycles. The van der Waals surface area contributed by atoms with E-state index in [1.165, 1.54) is 0 Å². The lowest BCUT2D eigenvalue weighted by molar-refractivity contribution is -0.120. The first-order valence-electron chi connectivity index (χ1n) is 7.10. The highest BCUT2D eigenvalue weighted by atomic mass is 16.5. The highest BCUT2D eigenvalue weighted by Crippen LogP contribution is 2.30. The molecule has 0 bridgehead atoms. The largest absolute Gasteiger partial charge is 0.493 e. The van der Waals surface area contributed by atoms with E-state index in [-0.39, 0.29) is 5.91 Å². The summed E-state index contributed by atoms with van der Waals surface area (Å²) in [6.07, 6.45) is 1.30. The van der Waals surface area contributed by atoms with Crippen LogP contribution < -0.4 is 14.8 Å². The van der Waals surface area contributed by atoms with E-state index in [1.807, 2.05) is 33.2 Å². The van der Waals surface area contributed by atoms with Crippen molar-refractivity contribution < 1.29 is 14.3 Å². The van der Waals surface area contributed by atoms with Crippen LogP contribution in [0.4, 0.5) is 0 Å². The van der Waals surface area contributed by atoms with E-state index in [1.54, 1.807) is 14.2 Å². The van der Waals surface area contributed by atoms with Crippen LogP contribution >= 0.6 is 0 Å². The Morgan fingerprint density at radius 3 is 2.38 bits per heavy atom. The first-order valence-corrected chi connectivity index (χ1v) is 7.10. The summed E-state index contributed by atoms with van der Waals surface area (Å²) < 4.78 is 10.5. The van der Waals surface area contributed by atoms with Gasteiger partial charge in [0.15, 0.2) is 11.5 Å². The van der Waals surface area contributed by atoms with E-state index < -0.39 is 0 Å². The van der Waals surface area contributed by atoms with Gasteiger partial charge in [-0.05, 0) is 57.2 Å².